The predicted molar refractivity (Wildman–Crippen MR) is 107 cm³/mol. The lowest BCUT2D eigenvalue weighted by Crippen LogP contribution is -2.26. The number of rotatable bonds is 6. The number of esters is 1. The highest BCUT2D eigenvalue weighted by molar-refractivity contribution is 5.72. The van der Waals surface area contributed by atoms with Gasteiger partial charge in [0.15, 0.2) is 0 Å². The molecule has 0 aromatic heterocycles. The number of benzene rings is 1. The van der Waals surface area contributed by atoms with Gasteiger partial charge in [-0.3, -0.25) is 4.79 Å². The molecule has 2 saturated carbocycles. The number of ether oxygens (including phenoxy) is 1. The van der Waals surface area contributed by atoms with Crippen LogP contribution in [0.5, 0.6) is 5.75 Å². The van der Waals surface area contributed by atoms with E-state index in [-0.39, 0.29) is 17.3 Å². The highest BCUT2D eigenvalue weighted by atomic mass is 19.1. The highest BCUT2D eigenvalue weighted by Gasteiger charge is 2.30. The van der Waals surface area contributed by atoms with Gasteiger partial charge in [-0.25, -0.2) is 4.39 Å². The van der Waals surface area contributed by atoms with E-state index < -0.39 is 5.82 Å². The van der Waals surface area contributed by atoms with Crippen LogP contribution in [-0.2, 0) is 4.79 Å². The number of hydrogen-bond acceptors (Lipinski definition) is 3. The summed E-state index contributed by atoms with van der Waals surface area (Å²) in [5.74, 6) is 2.59. The third kappa shape index (κ3) is 5.56. The molecule has 4 heteroatoms. The van der Waals surface area contributed by atoms with Crippen LogP contribution in [0.3, 0.4) is 0 Å². The minimum Gasteiger partial charge on any atom is -0.426 e. The lowest BCUT2D eigenvalue weighted by atomic mass is 9.68. The lowest BCUT2D eigenvalue weighted by Gasteiger charge is -2.37. The summed E-state index contributed by atoms with van der Waals surface area (Å²) in [5.41, 5.74) is -0.0419. The minimum atomic E-state index is -0.654. The summed E-state index contributed by atoms with van der Waals surface area (Å²) in [5, 5.41) is 8.75. The summed E-state index contributed by atoms with van der Waals surface area (Å²) in [7, 11) is 0. The average Bonchev–Trinajstić information content (AvgIpc) is 2.73. The average molecular weight is 386 g/mol. The number of carbonyl (C=O) groups is 1. The van der Waals surface area contributed by atoms with Crippen LogP contribution in [0.15, 0.2) is 18.2 Å². The van der Waals surface area contributed by atoms with E-state index in [1.54, 1.807) is 6.07 Å². The normalized spacial score (nSPS) is 27.8. The largest absolute Gasteiger partial charge is 0.426 e. The molecule has 0 heterocycles. The van der Waals surface area contributed by atoms with Crippen molar-refractivity contribution in [3.63, 3.8) is 0 Å². The zero-order valence-electron chi connectivity index (χ0n) is 17.0. The smallest absolute Gasteiger partial charge is 0.311 e. The Kier molecular flexibility index (Phi) is 7.48. The van der Waals surface area contributed by atoms with Gasteiger partial charge in [-0.05, 0) is 67.9 Å². The molecule has 28 heavy (non-hydrogen) atoms. The fourth-order valence-corrected chi connectivity index (χ4v) is 5.17. The van der Waals surface area contributed by atoms with Gasteiger partial charge in [-0.15, -0.1) is 0 Å². The molecule has 0 spiro atoms. The Labute approximate surface area is 168 Å². The van der Waals surface area contributed by atoms with E-state index >= 15 is 0 Å². The molecule has 2 aliphatic carbocycles. The molecule has 3 rings (SSSR count). The second-order valence-electron chi connectivity index (χ2n) is 8.74. The first-order valence-electron chi connectivity index (χ1n) is 11.0. The molecule has 2 aliphatic rings. The van der Waals surface area contributed by atoms with Crippen LogP contribution in [-0.4, -0.2) is 5.97 Å². The summed E-state index contributed by atoms with van der Waals surface area (Å²) in [6, 6.07) is 5.68. The van der Waals surface area contributed by atoms with Crippen molar-refractivity contribution in [1.82, 2.24) is 0 Å². The number of halogens is 1. The van der Waals surface area contributed by atoms with Crippen LogP contribution >= 0.6 is 0 Å². The van der Waals surface area contributed by atoms with Gasteiger partial charge in [-0.1, -0.05) is 39.0 Å². The Balaban J connectivity index is 1.36. The standard InChI is InChI=1S/C24H32FNO2/c1-2-17-3-8-19(9-4-17)20-10-5-18(6-11-20)7-14-24(27)28-22-13-12-21(16-26)23(25)15-22/h12-13,15,17-20H,2-11,14H2,1H3/t17-,18?,19-,20?. The fourth-order valence-electron chi connectivity index (χ4n) is 5.17. The molecule has 2 fully saturated rings. The number of carbonyl (C=O) groups excluding carboxylic acids is 1. The van der Waals surface area contributed by atoms with Crippen molar-refractivity contribution in [3.05, 3.63) is 29.6 Å². The molecule has 0 saturated heterocycles. The Morgan fingerprint density at radius 2 is 1.68 bits per heavy atom. The summed E-state index contributed by atoms with van der Waals surface area (Å²) < 4.78 is 18.8. The molecule has 152 valence electrons. The quantitative estimate of drug-likeness (QED) is 0.420. The Morgan fingerprint density at radius 3 is 2.21 bits per heavy atom. The second kappa shape index (κ2) is 10.0. The topological polar surface area (TPSA) is 50.1 Å². The van der Waals surface area contributed by atoms with Gasteiger partial charge in [0.2, 0.25) is 0 Å². The first-order chi connectivity index (χ1) is 13.6. The summed E-state index contributed by atoms with van der Waals surface area (Å²) >= 11 is 0. The Morgan fingerprint density at radius 1 is 1.07 bits per heavy atom. The van der Waals surface area contributed by atoms with Crippen LogP contribution in [0.1, 0.15) is 83.1 Å². The number of nitriles is 1. The van der Waals surface area contributed by atoms with Crippen molar-refractivity contribution >= 4 is 5.97 Å². The molecule has 0 bridgehead atoms. The molecule has 0 aliphatic heterocycles. The number of hydrogen-bond donors (Lipinski definition) is 0. The van der Waals surface area contributed by atoms with E-state index in [9.17, 15) is 9.18 Å². The maximum Gasteiger partial charge on any atom is 0.311 e. The molecule has 0 radical (unpaired) electrons. The van der Waals surface area contributed by atoms with Gasteiger partial charge >= 0.3 is 5.97 Å². The first kappa shape index (κ1) is 20.8. The van der Waals surface area contributed by atoms with Gasteiger partial charge in [0.05, 0.1) is 5.56 Å². The minimum absolute atomic E-state index is 0.0419. The highest BCUT2D eigenvalue weighted by Crippen LogP contribution is 2.42. The van der Waals surface area contributed by atoms with Crippen LogP contribution in [0.2, 0.25) is 0 Å². The van der Waals surface area contributed by atoms with Crippen molar-refractivity contribution < 1.29 is 13.9 Å². The lowest BCUT2D eigenvalue weighted by molar-refractivity contribution is -0.134. The zero-order chi connectivity index (χ0) is 19.9. The molecule has 1 aromatic carbocycles. The summed E-state index contributed by atoms with van der Waals surface area (Å²) in [4.78, 5) is 12.1. The van der Waals surface area contributed by atoms with E-state index in [0.29, 0.717) is 12.3 Å². The maximum absolute atomic E-state index is 13.6. The van der Waals surface area contributed by atoms with Gasteiger partial charge in [0.25, 0.3) is 0 Å². The van der Waals surface area contributed by atoms with Gasteiger partial charge in [-0.2, -0.15) is 5.26 Å². The zero-order valence-corrected chi connectivity index (χ0v) is 17.0. The Bertz CT molecular complexity index is 695. The van der Waals surface area contributed by atoms with Crippen molar-refractivity contribution in [2.24, 2.45) is 23.7 Å². The summed E-state index contributed by atoms with van der Waals surface area (Å²) in [6.07, 6.45) is 13.3. The molecule has 0 N–H and O–H groups in total. The van der Waals surface area contributed by atoms with Gasteiger partial charge in [0.1, 0.15) is 17.6 Å². The molecular formula is C24H32FNO2. The van der Waals surface area contributed by atoms with Crippen molar-refractivity contribution in [1.29, 1.82) is 5.26 Å². The van der Waals surface area contributed by atoms with E-state index in [2.05, 4.69) is 6.92 Å². The van der Waals surface area contributed by atoms with Crippen LogP contribution in [0, 0.1) is 40.8 Å². The van der Waals surface area contributed by atoms with Crippen LogP contribution in [0.4, 0.5) is 4.39 Å². The monoisotopic (exact) mass is 385 g/mol. The van der Waals surface area contributed by atoms with Crippen molar-refractivity contribution in [3.8, 4) is 11.8 Å². The summed E-state index contributed by atoms with van der Waals surface area (Å²) in [6.45, 7) is 2.32. The van der Waals surface area contributed by atoms with Crippen LogP contribution in [0.25, 0.3) is 0 Å². The molecule has 0 unspecified atom stereocenters. The van der Waals surface area contributed by atoms with Crippen molar-refractivity contribution in [2.45, 2.75) is 77.6 Å². The second-order valence-corrected chi connectivity index (χ2v) is 8.74. The molecule has 1 aromatic rings. The Hall–Kier alpha value is -1.89. The third-order valence-corrected chi connectivity index (χ3v) is 7.08. The maximum atomic E-state index is 13.6. The molecule has 3 nitrogen and oxygen atoms in total. The van der Waals surface area contributed by atoms with E-state index in [1.807, 2.05) is 0 Å². The van der Waals surface area contributed by atoms with E-state index in [1.165, 1.54) is 69.9 Å². The third-order valence-electron chi connectivity index (χ3n) is 7.08. The molecule has 0 amide bonds. The van der Waals surface area contributed by atoms with Crippen molar-refractivity contribution in [2.75, 3.05) is 0 Å². The van der Waals surface area contributed by atoms with Gasteiger partial charge < -0.3 is 4.74 Å². The molecule has 0 atom stereocenters. The van der Waals surface area contributed by atoms with Crippen LogP contribution < -0.4 is 4.74 Å². The first-order valence-corrected chi connectivity index (χ1v) is 11.0. The predicted octanol–water partition coefficient (Wildman–Crippen LogP) is 6.41. The fraction of sp³-hybridized carbons (Fsp3) is 0.667. The van der Waals surface area contributed by atoms with Gasteiger partial charge in [0, 0.05) is 12.5 Å². The van der Waals surface area contributed by atoms with E-state index in [0.717, 1.165) is 30.2 Å². The van der Waals surface area contributed by atoms with E-state index in [4.69, 9.17) is 10.00 Å². The molecular weight excluding hydrogens is 353 g/mol. The SMILES string of the molecule is CC[C@H]1CC[C@H](C2CCC(CCC(=O)Oc3ccc(C#N)c(F)c3)CC2)CC1. The number of nitrogens with zero attached hydrogens (tertiary/aromatic N) is 1.